The predicted molar refractivity (Wildman–Crippen MR) is 84.8 cm³/mol. The van der Waals surface area contributed by atoms with Crippen molar-refractivity contribution in [2.75, 3.05) is 6.61 Å². The normalized spacial score (nSPS) is 10.2. The highest BCUT2D eigenvalue weighted by molar-refractivity contribution is 5.80. The van der Waals surface area contributed by atoms with Crippen LogP contribution in [0.3, 0.4) is 0 Å². The Morgan fingerprint density at radius 3 is 2.64 bits per heavy atom. The van der Waals surface area contributed by atoms with Crippen molar-refractivity contribution in [1.29, 1.82) is 0 Å². The van der Waals surface area contributed by atoms with Gasteiger partial charge in [-0.15, -0.1) is 0 Å². The average molecular weight is 307 g/mol. The number of carboxylic acids is 1. The van der Waals surface area contributed by atoms with Crippen LogP contribution < -0.4 is 10.1 Å². The minimum atomic E-state index is -0.967. The Hall–Kier alpha value is -2.04. The highest BCUT2D eigenvalue weighted by atomic mass is 16.5. The molecule has 1 amide bonds. The van der Waals surface area contributed by atoms with Gasteiger partial charge in [-0.05, 0) is 12.5 Å². The molecule has 0 saturated carbocycles. The molecule has 22 heavy (non-hydrogen) atoms. The molecule has 2 N–H and O–H groups in total. The summed E-state index contributed by atoms with van der Waals surface area (Å²) in [6.45, 7) is 3.19. The zero-order valence-electron chi connectivity index (χ0n) is 13.1. The molecule has 0 radical (unpaired) electrons. The number of carbonyl (C=O) groups is 2. The lowest BCUT2D eigenvalue weighted by atomic mass is 10.2. The summed E-state index contributed by atoms with van der Waals surface area (Å²) < 4.78 is 5.77. The number of amides is 1. The summed E-state index contributed by atoms with van der Waals surface area (Å²) in [5, 5.41) is 11.3. The van der Waals surface area contributed by atoms with Crippen molar-refractivity contribution in [1.82, 2.24) is 5.32 Å². The molecule has 0 aliphatic carbocycles. The molecule has 0 aliphatic rings. The van der Waals surface area contributed by atoms with Crippen molar-refractivity contribution in [2.24, 2.45) is 0 Å². The van der Waals surface area contributed by atoms with Crippen molar-refractivity contribution in [3.8, 4) is 5.75 Å². The van der Waals surface area contributed by atoms with E-state index in [4.69, 9.17) is 9.84 Å². The van der Waals surface area contributed by atoms with Crippen molar-refractivity contribution in [2.45, 2.75) is 52.0 Å². The van der Waals surface area contributed by atoms with Crippen LogP contribution in [0.5, 0.6) is 5.75 Å². The largest absolute Gasteiger partial charge is 0.493 e. The first-order valence-electron chi connectivity index (χ1n) is 7.82. The van der Waals surface area contributed by atoms with Crippen LogP contribution in [0.25, 0.3) is 0 Å². The van der Waals surface area contributed by atoms with Crippen LogP contribution in [-0.4, -0.2) is 23.6 Å². The first-order chi connectivity index (χ1) is 10.6. The van der Waals surface area contributed by atoms with Gasteiger partial charge in [0.05, 0.1) is 13.0 Å². The lowest BCUT2D eigenvalue weighted by molar-refractivity contribution is -0.138. The van der Waals surface area contributed by atoms with E-state index < -0.39 is 5.97 Å². The van der Waals surface area contributed by atoms with E-state index in [1.807, 2.05) is 24.3 Å². The number of hydrogen-bond donors (Lipinski definition) is 2. The first kappa shape index (κ1) is 18.0. The Bertz CT molecular complexity index is 473. The standard InChI is InChI=1S/C17H25NO4/c1-2-3-4-7-12-22-15-9-6-5-8-14(15)13-18-16(19)10-11-17(20)21/h5-6,8-9H,2-4,7,10-13H2,1H3,(H,18,19)(H,20,21). The molecule has 0 atom stereocenters. The minimum Gasteiger partial charge on any atom is -0.493 e. The molecular weight excluding hydrogens is 282 g/mol. The van der Waals surface area contributed by atoms with Crippen LogP contribution in [0.4, 0.5) is 0 Å². The molecule has 0 fully saturated rings. The summed E-state index contributed by atoms with van der Waals surface area (Å²) in [7, 11) is 0. The molecule has 0 aromatic heterocycles. The number of ether oxygens (including phenoxy) is 1. The fourth-order valence-electron chi connectivity index (χ4n) is 2.00. The molecule has 5 nitrogen and oxygen atoms in total. The van der Waals surface area contributed by atoms with E-state index in [2.05, 4.69) is 12.2 Å². The highest BCUT2D eigenvalue weighted by Gasteiger charge is 2.07. The second-order valence-corrected chi connectivity index (χ2v) is 5.19. The summed E-state index contributed by atoms with van der Waals surface area (Å²) >= 11 is 0. The van der Waals surface area contributed by atoms with Gasteiger partial charge in [-0.2, -0.15) is 0 Å². The Balaban J connectivity index is 2.39. The summed E-state index contributed by atoms with van der Waals surface area (Å²) in [5.41, 5.74) is 0.904. The van der Waals surface area contributed by atoms with Gasteiger partial charge in [0.2, 0.25) is 5.91 Å². The number of hydrogen-bond acceptors (Lipinski definition) is 3. The lowest BCUT2D eigenvalue weighted by Crippen LogP contribution is -2.23. The molecule has 0 aliphatic heterocycles. The number of unbranched alkanes of at least 4 members (excludes halogenated alkanes) is 3. The van der Waals surface area contributed by atoms with E-state index in [1.54, 1.807) is 0 Å². The quantitative estimate of drug-likeness (QED) is 0.616. The fraction of sp³-hybridized carbons (Fsp3) is 0.529. The van der Waals surface area contributed by atoms with Crippen molar-refractivity contribution in [3.05, 3.63) is 29.8 Å². The lowest BCUT2D eigenvalue weighted by Gasteiger charge is -2.12. The predicted octanol–water partition coefficient (Wildman–Crippen LogP) is 3.13. The third kappa shape index (κ3) is 7.67. The first-order valence-corrected chi connectivity index (χ1v) is 7.82. The van der Waals surface area contributed by atoms with E-state index in [0.29, 0.717) is 13.2 Å². The second-order valence-electron chi connectivity index (χ2n) is 5.19. The van der Waals surface area contributed by atoms with E-state index in [-0.39, 0.29) is 18.7 Å². The number of rotatable bonds is 11. The van der Waals surface area contributed by atoms with Gasteiger partial charge in [-0.3, -0.25) is 9.59 Å². The molecule has 0 spiro atoms. The van der Waals surface area contributed by atoms with E-state index in [1.165, 1.54) is 12.8 Å². The van der Waals surface area contributed by atoms with E-state index in [9.17, 15) is 9.59 Å². The Labute approximate surface area is 131 Å². The molecule has 0 heterocycles. The molecule has 1 aromatic rings. The molecular formula is C17H25NO4. The van der Waals surface area contributed by atoms with Gasteiger partial charge in [-0.1, -0.05) is 44.4 Å². The number of benzene rings is 1. The van der Waals surface area contributed by atoms with Crippen LogP contribution >= 0.6 is 0 Å². The van der Waals surface area contributed by atoms with Crippen LogP contribution in [-0.2, 0) is 16.1 Å². The van der Waals surface area contributed by atoms with Gasteiger partial charge in [-0.25, -0.2) is 0 Å². The number of carbonyl (C=O) groups excluding carboxylic acids is 1. The van der Waals surface area contributed by atoms with Gasteiger partial charge < -0.3 is 15.2 Å². The number of nitrogens with one attached hydrogen (secondary N) is 1. The molecule has 0 bridgehead atoms. The summed E-state index contributed by atoms with van der Waals surface area (Å²) in [5.74, 6) is -0.455. The Morgan fingerprint density at radius 2 is 1.91 bits per heavy atom. The van der Waals surface area contributed by atoms with Crippen LogP contribution in [0.1, 0.15) is 51.0 Å². The third-order valence-corrected chi connectivity index (χ3v) is 3.27. The van der Waals surface area contributed by atoms with Crippen LogP contribution in [0.2, 0.25) is 0 Å². The van der Waals surface area contributed by atoms with Gasteiger partial charge >= 0.3 is 5.97 Å². The number of carboxylic acid groups (broad SMARTS) is 1. The average Bonchev–Trinajstić information content (AvgIpc) is 2.51. The highest BCUT2D eigenvalue weighted by Crippen LogP contribution is 2.18. The molecule has 0 unspecified atom stereocenters. The van der Waals surface area contributed by atoms with E-state index in [0.717, 1.165) is 24.2 Å². The van der Waals surface area contributed by atoms with Crippen molar-refractivity contribution < 1.29 is 19.4 Å². The maximum atomic E-state index is 11.5. The summed E-state index contributed by atoms with van der Waals surface area (Å²) in [6, 6.07) is 7.58. The monoisotopic (exact) mass is 307 g/mol. The maximum absolute atomic E-state index is 11.5. The van der Waals surface area contributed by atoms with Crippen LogP contribution in [0.15, 0.2) is 24.3 Å². The van der Waals surface area contributed by atoms with Crippen molar-refractivity contribution >= 4 is 11.9 Å². The van der Waals surface area contributed by atoms with Gasteiger partial charge in [0, 0.05) is 18.5 Å². The summed E-state index contributed by atoms with van der Waals surface area (Å²) in [6.07, 6.45) is 4.43. The SMILES string of the molecule is CCCCCCOc1ccccc1CNC(=O)CCC(=O)O. The smallest absolute Gasteiger partial charge is 0.303 e. The minimum absolute atomic E-state index is 0.00459. The molecule has 1 rings (SSSR count). The van der Waals surface area contributed by atoms with E-state index >= 15 is 0 Å². The fourth-order valence-corrected chi connectivity index (χ4v) is 2.00. The van der Waals surface area contributed by atoms with Crippen LogP contribution in [0, 0.1) is 0 Å². The van der Waals surface area contributed by atoms with Gasteiger partial charge in [0.25, 0.3) is 0 Å². The Morgan fingerprint density at radius 1 is 1.14 bits per heavy atom. The van der Waals surface area contributed by atoms with Crippen molar-refractivity contribution in [3.63, 3.8) is 0 Å². The Kier molecular flexibility index (Phi) is 8.72. The molecule has 5 heteroatoms. The van der Waals surface area contributed by atoms with Gasteiger partial charge in [0.15, 0.2) is 0 Å². The van der Waals surface area contributed by atoms with Gasteiger partial charge in [0.1, 0.15) is 5.75 Å². The second kappa shape index (κ2) is 10.7. The zero-order valence-corrected chi connectivity index (χ0v) is 13.1. The topological polar surface area (TPSA) is 75.6 Å². The molecule has 0 saturated heterocycles. The number of aliphatic carboxylic acids is 1. The molecule has 122 valence electrons. The third-order valence-electron chi connectivity index (χ3n) is 3.27. The number of para-hydroxylation sites is 1. The zero-order chi connectivity index (χ0) is 16.2. The molecule has 1 aromatic carbocycles. The summed E-state index contributed by atoms with van der Waals surface area (Å²) in [4.78, 5) is 22.0. The maximum Gasteiger partial charge on any atom is 0.303 e.